The van der Waals surface area contributed by atoms with E-state index in [1.807, 2.05) is 6.07 Å². The summed E-state index contributed by atoms with van der Waals surface area (Å²) in [5.41, 5.74) is -0.481. The van der Waals surface area contributed by atoms with Gasteiger partial charge < -0.3 is 10.1 Å². The number of nitrogens with one attached hydrogen (secondary N) is 1. The molecule has 0 bridgehead atoms. The van der Waals surface area contributed by atoms with Crippen LogP contribution < -0.4 is 5.32 Å². The van der Waals surface area contributed by atoms with Gasteiger partial charge in [0.05, 0.1) is 6.61 Å². The first-order chi connectivity index (χ1) is 12.0. The third-order valence-corrected chi connectivity index (χ3v) is 4.77. The van der Waals surface area contributed by atoms with Crippen LogP contribution in [0.25, 0.3) is 0 Å². The molecule has 1 fully saturated rings. The first-order valence-electron chi connectivity index (χ1n) is 8.51. The summed E-state index contributed by atoms with van der Waals surface area (Å²) < 4.78 is 5.27. The molecule has 1 saturated heterocycles. The number of amides is 3. The van der Waals surface area contributed by atoms with Crippen LogP contribution in [0.1, 0.15) is 31.7 Å². The topological polar surface area (TPSA) is 75.7 Å². The van der Waals surface area contributed by atoms with Crippen molar-refractivity contribution in [1.82, 2.24) is 10.2 Å². The van der Waals surface area contributed by atoms with Gasteiger partial charge in [-0.15, -0.1) is 0 Å². The fraction of sp³-hybridized carbons (Fsp3) is 0.421. The van der Waals surface area contributed by atoms with E-state index in [9.17, 15) is 14.4 Å². The van der Waals surface area contributed by atoms with Crippen LogP contribution in [0.15, 0.2) is 42.5 Å². The van der Waals surface area contributed by atoms with Crippen LogP contribution in [0.4, 0.5) is 4.79 Å². The summed E-state index contributed by atoms with van der Waals surface area (Å²) in [6.45, 7) is 1.60. The molecule has 2 aliphatic rings. The number of carbonyl (C=O) groups excluding carboxylic acids is 3. The van der Waals surface area contributed by atoms with E-state index in [0.717, 1.165) is 24.2 Å². The minimum atomic E-state index is -1.16. The number of benzene rings is 1. The minimum absolute atomic E-state index is 0.312. The van der Waals surface area contributed by atoms with Gasteiger partial charge in [0.1, 0.15) is 12.1 Å². The molecule has 0 spiro atoms. The number of hydrogen-bond donors (Lipinski definition) is 1. The quantitative estimate of drug-likeness (QED) is 0.506. The molecule has 6 heteroatoms. The van der Waals surface area contributed by atoms with E-state index in [1.165, 1.54) is 0 Å². The molecule has 1 aromatic carbocycles. The van der Waals surface area contributed by atoms with E-state index >= 15 is 0 Å². The van der Waals surface area contributed by atoms with E-state index in [4.69, 9.17) is 4.74 Å². The molecule has 132 valence electrons. The normalized spacial score (nSPS) is 25.8. The van der Waals surface area contributed by atoms with Crippen molar-refractivity contribution in [2.75, 3.05) is 13.2 Å². The summed E-state index contributed by atoms with van der Waals surface area (Å²) in [6.07, 6.45) is 7.08. The van der Waals surface area contributed by atoms with E-state index in [2.05, 4.69) is 17.5 Å². The minimum Gasteiger partial charge on any atom is -0.464 e. The molecule has 0 aromatic heterocycles. The van der Waals surface area contributed by atoms with Gasteiger partial charge >= 0.3 is 12.0 Å². The number of rotatable bonds is 5. The number of urea groups is 1. The van der Waals surface area contributed by atoms with Gasteiger partial charge in [-0.2, -0.15) is 0 Å². The Balaban J connectivity index is 1.61. The third-order valence-electron chi connectivity index (χ3n) is 4.77. The van der Waals surface area contributed by atoms with Crippen molar-refractivity contribution in [3.8, 4) is 0 Å². The van der Waals surface area contributed by atoms with Gasteiger partial charge in [0.25, 0.3) is 5.91 Å². The maximum Gasteiger partial charge on any atom is 0.326 e. The smallest absolute Gasteiger partial charge is 0.326 e. The second kappa shape index (κ2) is 7.09. The maximum atomic E-state index is 12.7. The van der Waals surface area contributed by atoms with Gasteiger partial charge in [-0.3, -0.25) is 14.5 Å². The van der Waals surface area contributed by atoms with Crippen LogP contribution in [0.3, 0.4) is 0 Å². The Morgan fingerprint density at radius 1 is 1.28 bits per heavy atom. The van der Waals surface area contributed by atoms with Crippen molar-refractivity contribution < 1.29 is 19.1 Å². The predicted octanol–water partition coefficient (Wildman–Crippen LogP) is 2.35. The van der Waals surface area contributed by atoms with E-state index in [0.29, 0.717) is 18.1 Å². The second-order valence-corrected chi connectivity index (χ2v) is 6.65. The summed E-state index contributed by atoms with van der Waals surface area (Å²) in [5, 5.41) is 2.68. The first-order valence-corrected chi connectivity index (χ1v) is 8.51. The zero-order valence-corrected chi connectivity index (χ0v) is 14.2. The Kier molecular flexibility index (Phi) is 4.88. The highest BCUT2D eigenvalue weighted by molar-refractivity contribution is 6.08. The standard InChI is InChI=1S/C19H22N2O4/c1-19(15-10-6-3-7-11-15)17(23)21(18(24)20-19)12-16(22)25-13-14-8-4-2-5-9-14/h2-4,6-7,10-11,14H,5,8-9,12-13H2,1H3,(H,20,24)/t14-,19+/m0/s1. The largest absolute Gasteiger partial charge is 0.464 e. The molecule has 25 heavy (non-hydrogen) atoms. The first kappa shape index (κ1) is 17.2. The van der Waals surface area contributed by atoms with Gasteiger partial charge in [-0.05, 0) is 37.7 Å². The Labute approximate surface area is 146 Å². The number of carbonyl (C=O) groups is 3. The number of ether oxygens (including phenoxy) is 1. The van der Waals surface area contributed by atoms with Crippen molar-refractivity contribution in [3.05, 3.63) is 48.0 Å². The van der Waals surface area contributed by atoms with Crippen molar-refractivity contribution in [2.24, 2.45) is 5.92 Å². The Morgan fingerprint density at radius 2 is 2.04 bits per heavy atom. The molecule has 0 radical (unpaired) electrons. The van der Waals surface area contributed by atoms with Gasteiger partial charge in [0.15, 0.2) is 0 Å². The SMILES string of the molecule is C[C@]1(c2ccccc2)NC(=O)N(CC(=O)OC[C@H]2CC=CCC2)C1=O. The summed E-state index contributed by atoms with van der Waals surface area (Å²) >= 11 is 0. The van der Waals surface area contributed by atoms with Gasteiger partial charge in [-0.25, -0.2) is 4.79 Å². The fourth-order valence-corrected chi connectivity index (χ4v) is 3.20. The lowest BCUT2D eigenvalue weighted by Gasteiger charge is -2.22. The Morgan fingerprint density at radius 3 is 2.72 bits per heavy atom. The zero-order chi connectivity index (χ0) is 17.9. The molecule has 6 nitrogen and oxygen atoms in total. The maximum absolute atomic E-state index is 12.7. The van der Waals surface area contributed by atoms with E-state index in [1.54, 1.807) is 31.2 Å². The van der Waals surface area contributed by atoms with Gasteiger partial charge in [-0.1, -0.05) is 42.5 Å². The monoisotopic (exact) mass is 342 g/mol. The van der Waals surface area contributed by atoms with Crippen LogP contribution >= 0.6 is 0 Å². The Bertz CT molecular complexity index is 701. The summed E-state index contributed by atoms with van der Waals surface area (Å²) in [7, 11) is 0. The molecule has 2 atom stereocenters. The van der Waals surface area contributed by atoms with Crippen molar-refractivity contribution >= 4 is 17.9 Å². The number of esters is 1. The number of hydrogen-bond acceptors (Lipinski definition) is 4. The zero-order valence-electron chi connectivity index (χ0n) is 14.2. The Hall–Kier alpha value is -2.63. The highest BCUT2D eigenvalue weighted by atomic mass is 16.5. The second-order valence-electron chi connectivity index (χ2n) is 6.65. The van der Waals surface area contributed by atoms with Crippen LogP contribution in [-0.4, -0.2) is 36.0 Å². The molecular weight excluding hydrogens is 320 g/mol. The van der Waals surface area contributed by atoms with E-state index < -0.39 is 23.4 Å². The van der Waals surface area contributed by atoms with Crippen LogP contribution in [0.5, 0.6) is 0 Å². The summed E-state index contributed by atoms with van der Waals surface area (Å²) in [6, 6.07) is 8.41. The molecule has 1 aliphatic carbocycles. The van der Waals surface area contributed by atoms with Crippen molar-refractivity contribution in [3.63, 3.8) is 0 Å². The lowest BCUT2D eigenvalue weighted by atomic mass is 9.92. The van der Waals surface area contributed by atoms with E-state index in [-0.39, 0.29) is 6.54 Å². The number of imide groups is 1. The van der Waals surface area contributed by atoms with Crippen LogP contribution in [0.2, 0.25) is 0 Å². The fourth-order valence-electron chi connectivity index (χ4n) is 3.20. The number of nitrogens with zero attached hydrogens (tertiary/aromatic N) is 1. The lowest BCUT2D eigenvalue weighted by molar-refractivity contribution is -0.149. The molecular formula is C19H22N2O4. The van der Waals surface area contributed by atoms with Crippen LogP contribution in [0, 0.1) is 5.92 Å². The molecule has 0 saturated carbocycles. The lowest BCUT2D eigenvalue weighted by Crippen LogP contribution is -2.41. The molecule has 1 N–H and O–H groups in total. The van der Waals surface area contributed by atoms with Crippen molar-refractivity contribution in [2.45, 2.75) is 31.7 Å². The highest BCUT2D eigenvalue weighted by Crippen LogP contribution is 2.28. The number of allylic oxidation sites excluding steroid dienone is 2. The average molecular weight is 342 g/mol. The van der Waals surface area contributed by atoms with Crippen molar-refractivity contribution in [1.29, 1.82) is 0 Å². The predicted molar refractivity (Wildman–Crippen MR) is 91.5 cm³/mol. The molecule has 1 aliphatic heterocycles. The summed E-state index contributed by atoms with van der Waals surface area (Å²) in [5.74, 6) is -0.691. The molecule has 0 unspecified atom stereocenters. The summed E-state index contributed by atoms with van der Waals surface area (Å²) in [4.78, 5) is 37.9. The molecule has 3 amide bonds. The van der Waals surface area contributed by atoms with Gasteiger partial charge in [0.2, 0.25) is 0 Å². The molecule has 1 aromatic rings. The van der Waals surface area contributed by atoms with Crippen LogP contribution in [-0.2, 0) is 19.9 Å². The highest BCUT2D eigenvalue weighted by Gasteiger charge is 2.49. The molecule has 1 heterocycles. The average Bonchev–Trinajstić information content (AvgIpc) is 2.86. The molecule has 3 rings (SSSR count). The third kappa shape index (κ3) is 3.57. The van der Waals surface area contributed by atoms with Gasteiger partial charge in [0, 0.05) is 0 Å².